The second-order valence-electron chi connectivity index (χ2n) is 7.69. The molecule has 3 rings (SSSR count). The highest BCUT2D eigenvalue weighted by Gasteiger charge is 2.31. The molecule has 0 saturated heterocycles. The van der Waals surface area contributed by atoms with Crippen molar-refractivity contribution < 1.29 is 44.6 Å². The molecule has 2 N–H and O–H groups in total. The molecule has 0 saturated carbocycles. The number of aromatic hydroxyl groups is 1. The van der Waals surface area contributed by atoms with Gasteiger partial charge in [-0.25, -0.2) is 16.8 Å². The standard InChI is InChI=1S/C23H20F3NO7S2/c1-35(30,31)21-14-17(6-11-20(21)28)27-22(29)16-4-2-15(3-5-16)12-13-36(32,33)19-9-7-18(8-10-19)34-23(24,25)26/h2-11,14,28H,12-13H2,1H3,(H,27,29). The fraction of sp³-hybridized carbons (Fsp3) is 0.174. The van der Waals surface area contributed by atoms with Crippen molar-refractivity contribution in [2.24, 2.45) is 0 Å². The molecule has 0 aliphatic heterocycles. The number of carbonyl (C=O) groups excluding carboxylic acids is 1. The Labute approximate surface area is 205 Å². The number of ether oxygens (including phenoxy) is 1. The van der Waals surface area contributed by atoms with Gasteiger partial charge in [-0.1, -0.05) is 12.1 Å². The zero-order chi connectivity index (χ0) is 26.7. The Morgan fingerprint density at radius 2 is 1.56 bits per heavy atom. The molecule has 13 heteroatoms. The summed E-state index contributed by atoms with van der Waals surface area (Å²) >= 11 is 0. The lowest BCUT2D eigenvalue weighted by Crippen LogP contribution is -2.17. The first-order chi connectivity index (χ1) is 16.6. The molecule has 8 nitrogen and oxygen atoms in total. The summed E-state index contributed by atoms with van der Waals surface area (Å²) in [6, 6.07) is 13.5. The van der Waals surface area contributed by atoms with E-state index in [1.165, 1.54) is 18.2 Å². The molecule has 0 aliphatic rings. The number of nitrogens with one attached hydrogen (secondary N) is 1. The SMILES string of the molecule is CS(=O)(=O)c1cc(NC(=O)c2ccc(CCS(=O)(=O)c3ccc(OC(F)(F)F)cc3)cc2)ccc1O. The quantitative estimate of drug-likeness (QED) is 0.412. The second kappa shape index (κ2) is 10.2. The smallest absolute Gasteiger partial charge is 0.507 e. The molecule has 0 bridgehead atoms. The van der Waals surface area contributed by atoms with Gasteiger partial charge in [-0.2, -0.15) is 0 Å². The summed E-state index contributed by atoms with van der Waals surface area (Å²) in [7, 11) is -7.50. The van der Waals surface area contributed by atoms with E-state index in [-0.39, 0.29) is 33.2 Å². The van der Waals surface area contributed by atoms with Gasteiger partial charge < -0.3 is 15.2 Å². The van der Waals surface area contributed by atoms with Crippen molar-refractivity contribution in [3.8, 4) is 11.5 Å². The number of sulfone groups is 2. The minimum absolute atomic E-state index is 0.0840. The van der Waals surface area contributed by atoms with Gasteiger partial charge in [-0.15, -0.1) is 13.2 Å². The highest BCUT2D eigenvalue weighted by atomic mass is 32.2. The van der Waals surface area contributed by atoms with Gasteiger partial charge in [0.2, 0.25) is 0 Å². The predicted octanol–water partition coefficient (Wildman–Crippen LogP) is 3.96. The first-order valence-electron chi connectivity index (χ1n) is 10.2. The van der Waals surface area contributed by atoms with E-state index in [2.05, 4.69) is 10.1 Å². The average molecular weight is 544 g/mol. The van der Waals surface area contributed by atoms with Gasteiger partial charge in [0.1, 0.15) is 16.4 Å². The van der Waals surface area contributed by atoms with Crippen LogP contribution >= 0.6 is 0 Å². The maximum Gasteiger partial charge on any atom is 0.573 e. The minimum atomic E-state index is -4.88. The summed E-state index contributed by atoms with van der Waals surface area (Å²) in [6.45, 7) is 0. The molecular formula is C23H20F3NO7S2. The van der Waals surface area contributed by atoms with E-state index in [0.29, 0.717) is 5.56 Å². The fourth-order valence-electron chi connectivity index (χ4n) is 3.13. The van der Waals surface area contributed by atoms with E-state index in [0.717, 1.165) is 42.7 Å². The predicted molar refractivity (Wildman–Crippen MR) is 124 cm³/mol. The van der Waals surface area contributed by atoms with Crippen LogP contribution in [0.3, 0.4) is 0 Å². The van der Waals surface area contributed by atoms with Crippen LogP contribution in [0.5, 0.6) is 11.5 Å². The van der Waals surface area contributed by atoms with Crippen molar-refractivity contribution in [3.05, 3.63) is 77.9 Å². The van der Waals surface area contributed by atoms with E-state index in [1.54, 1.807) is 12.1 Å². The lowest BCUT2D eigenvalue weighted by molar-refractivity contribution is -0.274. The van der Waals surface area contributed by atoms with E-state index < -0.39 is 43.4 Å². The average Bonchev–Trinajstić information content (AvgIpc) is 2.78. The lowest BCUT2D eigenvalue weighted by atomic mass is 10.1. The number of rotatable bonds is 8. The maximum atomic E-state index is 12.5. The van der Waals surface area contributed by atoms with Crippen LogP contribution in [0.2, 0.25) is 0 Å². The van der Waals surface area contributed by atoms with Crippen LogP contribution < -0.4 is 10.1 Å². The van der Waals surface area contributed by atoms with Crippen molar-refractivity contribution in [2.45, 2.75) is 22.6 Å². The first kappa shape index (κ1) is 27.0. The number of hydrogen-bond acceptors (Lipinski definition) is 7. The molecule has 0 aromatic heterocycles. The molecular weight excluding hydrogens is 523 g/mol. The fourth-order valence-corrected chi connectivity index (χ4v) is 5.21. The van der Waals surface area contributed by atoms with Gasteiger partial charge in [0.05, 0.1) is 10.6 Å². The third kappa shape index (κ3) is 7.21. The summed E-state index contributed by atoms with van der Waals surface area (Å²) in [5.41, 5.74) is 0.965. The monoisotopic (exact) mass is 543 g/mol. The highest BCUT2D eigenvalue weighted by molar-refractivity contribution is 7.91. The summed E-state index contributed by atoms with van der Waals surface area (Å²) in [6.07, 6.45) is -3.88. The van der Waals surface area contributed by atoms with Crippen LogP contribution in [0.4, 0.5) is 18.9 Å². The highest BCUT2D eigenvalue weighted by Crippen LogP contribution is 2.27. The summed E-state index contributed by atoms with van der Waals surface area (Å²) < 4.78 is 89.0. The third-order valence-electron chi connectivity index (χ3n) is 4.91. The summed E-state index contributed by atoms with van der Waals surface area (Å²) in [5.74, 6) is -1.85. The number of benzene rings is 3. The van der Waals surface area contributed by atoms with Gasteiger partial charge >= 0.3 is 6.36 Å². The normalized spacial score (nSPS) is 12.2. The number of alkyl halides is 3. The van der Waals surface area contributed by atoms with E-state index in [1.807, 2.05) is 0 Å². The van der Waals surface area contributed by atoms with E-state index in [9.17, 15) is 39.9 Å². The number of hydrogen-bond donors (Lipinski definition) is 2. The van der Waals surface area contributed by atoms with Gasteiger partial charge in [-0.05, 0) is 66.6 Å². The summed E-state index contributed by atoms with van der Waals surface area (Å²) in [5, 5.41) is 12.2. The van der Waals surface area contributed by atoms with Gasteiger partial charge in [-0.3, -0.25) is 4.79 Å². The number of phenols is 1. The lowest BCUT2D eigenvalue weighted by Gasteiger charge is -2.10. The largest absolute Gasteiger partial charge is 0.573 e. The van der Waals surface area contributed by atoms with Crippen molar-refractivity contribution in [1.29, 1.82) is 0 Å². The number of aryl methyl sites for hydroxylation is 1. The molecule has 0 spiro atoms. The van der Waals surface area contributed by atoms with Crippen molar-refractivity contribution in [2.75, 3.05) is 17.3 Å². The Bertz CT molecular complexity index is 1470. The van der Waals surface area contributed by atoms with Crippen LogP contribution in [0.25, 0.3) is 0 Å². The molecule has 1 amide bonds. The zero-order valence-corrected chi connectivity index (χ0v) is 20.2. The first-order valence-corrected chi connectivity index (χ1v) is 13.7. The molecule has 0 atom stereocenters. The summed E-state index contributed by atoms with van der Waals surface area (Å²) in [4.78, 5) is 12.0. The number of amides is 1. The maximum absolute atomic E-state index is 12.5. The van der Waals surface area contributed by atoms with Crippen LogP contribution in [-0.2, 0) is 26.1 Å². The van der Waals surface area contributed by atoms with E-state index >= 15 is 0 Å². The van der Waals surface area contributed by atoms with Gasteiger partial charge in [0.25, 0.3) is 5.91 Å². The molecule has 192 valence electrons. The Balaban J connectivity index is 1.63. The Kier molecular flexibility index (Phi) is 7.65. The number of anilines is 1. The zero-order valence-electron chi connectivity index (χ0n) is 18.6. The Hall–Kier alpha value is -3.58. The Morgan fingerprint density at radius 3 is 2.11 bits per heavy atom. The van der Waals surface area contributed by atoms with Gasteiger partial charge in [0, 0.05) is 17.5 Å². The Morgan fingerprint density at radius 1 is 0.944 bits per heavy atom. The molecule has 3 aromatic rings. The molecule has 0 fully saturated rings. The molecule has 0 unspecified atom stereocenters. The van der Waals surface area contributed by atoms with Crippen molar-refractivity contribution in [3.63, 3.8) is 0 Å². The molecule has 0 heterocycles. The topological polar surface area (TPSA) is 127 Å². The molecule has 3 aromatic carbocycles. The molecule has 0 aliphatic carbocycles. The molecule has 36 heavy (non-hydrogen) atoms. The number of carbonyl (C=O) groups is 1. The van der Waals surface area contributed by atoms with Crippen LogP contribution in [0.1, 0.15) is 15.9 Å². The minimum Gasteiger partial charge on any atom is -0.507 e. The second-order valence-corrected chi connectivity index (χ2v) is 11.8. The van der Waals surface area contributed by atoms with Crippen LogP contribution in [0, 0.1) is 0 Å². The van der Waals surface area contributed by atoms with Crippen molar-refractivity contribution >= 4 is 31.3 Å². The third-order valence-corrected chi connectivity index (χ3v) is 7.77. The van der Waals surface area contributed by atoms with Crippen LogP contribution in [-0.4, -0.2) is 46.2 Å². The van der Waals surface area contributed by atoms with E-state index in [4.69, 9.17) is 0 Å². The van der Waals surface area contributed by atoms with Crippen molar-refractivity contribution in [1.82, 2.24) is 0 Å². The van der Waals surface area contributed by atoms with Crippen LogP contribution in [0.15, 0.2) is 76.5 Å². The van der Waals surface area contributed by atoms with Gasteiger partial charge in [0.15, 0.2) is 19.7 Å². The molecule has 0 radical (unpaired) electrons. The number of phenolic OH excluding ortho intramolecular Hbond substituents is 1. The number of halogens is 3.